The van der Waals surface area contributed by atoms with Gasteiger partial charge >= 0.3 is 0 Å². The zero-order valence-electron chi connectivity index (χ0n) is 8.90. The molecule has 0 aliphatic heterocycles. The highest BCUT2D eigenvalue weighted by atomic mass is 35.5. The van der Waals surface area contributed by atoms with Gasteiger partial charge in [0.15, 0.2) is 0 Å². The van der Waals surface area contributed by atoms with E-state index in [1.807, 2.05) is 0 Å². The Labute approximate surface area is 109 Å². The molecule has 17 heavy (non-hydrogen) atoms. The quantitative estimate of drug-likeness (QED) is 0.901. The number of halogens is 2. The van der Waals surface area contributed by atoms with Crippen molar-refractivity contribution in [3.05, 3.63) is 34.4 Å². The van der Waals surface area contributed by atoms with Gasteiger partial charge in [0.25, 0.3) is 0 Å². The first-order valence-corrected chi connectivity index (χ1v) is 5.76. The lowest BCUT2D eigenvalue weighted by molar-refractivity contribution is 0.270. The van der Waals surface area contributed by atoms with Gasteiger partial charge in [-0.15, -0.1) is 0 Å². The highest BCUT2D eigenvalue weighted by molar-refractivity contribution is 6.36. The Bertz CT molecular complexity index is 540. The van der Waals surface area contributed by atoms with Crippen molar-refractivity contribution in [3.63, 3.8) is 0 Å². The van der Waals surface area contributed by atoms with Gasteiger partial charge in [-0.2, -0.15) is 5.10 Å². The summed E-state index contributed by atoms with van der Waals surface area (Å²) in [6.45, 7) is 0.352. The Hall–Kier alpha value is -1.23. The van der Waals surface area contributed by atoms with Gasteiger partial charge in [0.05, 0.1) is 35.8 Å². The molecule has 0 aliphatic carbocycles. The molecule has 0 spiro atoms. The highest BCUT2D eigenvalue weighted by Gasteiger charge is 2.13. The van der Waals surface area contributed by atoms with E-state index in [0.717, 1.165) is 5.56 Å². The van der Waals surface area contributed by atoms with Gasteiger partial charge in [0.2, 0.25) is 0 Å². The fourth-order valence-electron chi connectivity index (χ4n) is 1.64. The number of hydrogen-bond acceptors (Lipinski definition) is 3. The Kier molecular flexibility index (Phi) is 3.57. The second-order valence-corrected chi connectivity index (χ2v) is 4.36. The van der Waals surface area contributed by atoms with Crippen molar-refractivity contribution in [1.82, 2.24) is 9.78 Å². The summed E-state index contributed by atoms with van der Waals surface area (Å²) >= 11 is 12.0. The van der Waals surface area contributed by atoms with Crippen molar-refractivity contribution in [1.29, 1.82) is 0 Å². The largest absolute Gasteiger partial charge is 0.396 e. The Morgan fingerprint density at radius 2 is 2.12 bits per heavy atom. The molecule has 0 bridgehead atoms. The van der Waals surface area contributed by atoms with Crippen LogP contribution in [0.25, 0.3) is 11.3 Å². The van der Waals surface area contributed by atoms with Crippen molar-refractivity contribution >= 4 is 28.9 Å². The molecule has 6 heteroatoms. The lowest BCUT2D eigenvalue weighted by Gasteiger charge is -2.09. The molecule has 0 fully saturated rings. The molecule has 2 rings (SSSR count). The maximum Gasteiger partial charge on any atom is 0.0928 e. The second kappa shape index (κ2) is 4.96. The fourth-order valence-corrected chi connectivity index (χ4v) is 2.14. The van der Waals surface area contributed by atoms with Gasteiger partial charge in [-0.3, -0.25) is 4.68 Å². The van der Waals surface area contributed by atoms with Crippen LogP contribution in [-0.2, 0) is 6.54 Å². The molecule has 0 atom stereocenters. The number of anilines is 1. The van der Waals surface area contributed by atoms with Crippen LogP contribution >= 0.6 is 23.2 Å². The summed E-state index contributed by atoms with van der Waals surface area (Å²) in [5.41, 5.74) is 7.82. The molecule has 0 saturated carbocycles. The van der Waals surface area contributed by atoms with Gasteiger partial charge in [-0.05, 0) is 18.2 Å². The van der Waals surface area contributed by atoms with Crippen LogP contribution in [0.1, 0.15) is 0 Å². The van der Waals surface area contributed by atoms with E-state index in [1.165, 1.54) is 6.20 Å². The van der Waals surface area contributed by atoms with E-state index >= 15 is 0 Å². The minimum atomic E-state index is -0.0146. The smallest absolute Gasteiger partial charge is 0.0928 e. The molecule has 0 unspecified atom stereocenters. The fraction of sp³-hybridized carbons (Fsp3) is 0.182. The average Bonchev–Trinajstić information content (AvgIpc) is 2.62. The standard InChI is InChI=1S/C11H11Cl2N3O/c12-7-1-2-8(9(13)5-7)11-10(14)6-15-16(11)3-4-17/h1-2,5-6,17H,3-4,14H2. The van der Waals surface area contributed by atoms with Gasteiger partial charge in [-0.25, -0.2) is 0 Å². The maximum atomic E-state index is 8.96. The first-order valence-electron chi connectivity index (χ1n) is 5.01. The minimum Gasteiger partial charge on any atom is -0.396 e. The minimum absolute atomic E-state index is 0.0146. The van der Waals surface area contributed by atoms with Crippen LogP contribution in [0.2, 0.25) is 10.0 Å². The van der Waals surface area contributed by atoms with E-state index < -0.39 is 0 Å². The van der Waals surface area contributed by atoms with Crippen LogP contribution in [0.3, 0.4) is 0 Å². The van der Waals surface area contributed by atoms with E-state index in [1.54, 1.807) is 22.9 Å². The molecule has 0 aliphatic rings. The Morgan fingerprint density at radius 3 is 2.76 bits per heavy atom. The topological polar surface area (TPSA) is 64.1 Å². The predicted octanol–water partition coefficient (Wildman–Crippen LogP) is 2.43. The number of hydrogen-bond donors (Lipinski definition) is 2. The van der Waals surface area contributed by atoms with Crippen molar-refractivity contribution in [2.75, 3.05) is 12.3 Å². The molecular weight excluding hydrogens is 261 g/mol. The molecule has 1 heterocycles. The van der Waals surface area contributed by atoms with Gasteiger partial charge in [0.1, 0.15) is 0 Å². The molecule has 0 amide bonds. The molecule has 3 N–H and O–H groups in total. The highest BCUT2D eigenvalue weighted by Crippen LogP contribution is 2.33. The molecular formula is C11H11Cl2N3O. The first-order chi connectivity index (χ1) is 8.13. The zero-order chi connectivity index (χ0) is 12.4. The summed E-state index contributed by atoms with van der Waals surface area (Å²) in [5.74, 6) is 0. The molecule has 90 valence electrons. The maximum absolute atomic E-state index is 8.96. The van der Waals surface area contributed by atoms with E-state index in [9.17, 15) is 0 Å². The third kappa shape index (κ3) is 2.39. The van der Waals surface area contributed by atoms with Crippen LogP contribution < -0.4 is 5.73 Å². The van der Waals surface area contributed by atoms with Crippen molar-refractivity contribution < 1.29 is 5.11 Å². The lowest BCUT2D eigenvalue weighted by atomic mass is 10.1. The van der Waals surface area contributed by atoms with Crippen LogP contribution in [0.4, 0.5) is 5.69 Å². The average molecular weight is 272 g/mol. The van der Waals surface area contributed by atoms with E-state index in [-0.39, 0.29) is 6.61 Å². The number of aliphatic hydroxyl groups is 1. The van der Waals surface area contributed by atoms with Crippen molar-refractivity contribution in [2.24, 2.45) is 0 Å². The number of rotatable bonds is 3. The van der Waals surface area contributed by atoms with E-state index in [4.69, 9.17) is 34.0 Å². The lowest BCUT2D eigenvalue weighted by Crippen LogP contribution is -2.06. The van der Waals surface area contributed by atoms with Gasteiger partial charge in [-0.1, -0.05) is 23.2 Å². The number of aliphatic hydroxyl groups excluding tert-OH is 1. The number of aromatic nitrogens is 2. The van der Waals surface area contributed by atoms with Gasteiger partial charge < -0.3 is 10.8 Å². The first kappa shape index (κ1) is 12.2. The molecule has 0 radical (unpaired) electrons. The summed E-state index contributed by atoms with van der Waals surface area (Å²) in [7, 11) is 0. The van der Waals surface area contributed by atoms with Crippen LogP contribution in [0, 0.1) is 0 Å². The zero-order valence-corrected chi connectivity index (χ0v) is 10.4. The van der Waals surface area contributed by atoms with E-state index in [2.05, 4.69) is 5.10 Å². The summed E-state index contributed by atoms with van der Waals surface area (Å²) in [6, 6.07) is 5.17. The summed E-state index contributed by atoms with van der Waals surface area (Å²) in [6.07, 6.45) is 1.54. The molecule has 1 aromatic heterocycles. The molecule has 0 saturated heterocycles. The summed E-state index contributed by atoms with van der Waals surface area (Å²) in [4.78, 5) is 0. The summed E-state index contributed by atoms with van der Waals surface area (Å²) in [5, 5.41) is 14.1. The molecule has 1 aromatic carbocycles. The van der Waals surface area contributed by atoms with Crippen molar-refractivity contribution in [2.45, 2.75) is 6.54 Å². The molecule has 4 nitrogen and oxygen atoms in total. The Balaban J connectivity index is 2.55. The van der Waals surface area contributed by atoms with Crippen LogP contribution in [-0.4, -0.2) is 21.5 Å². The third-order valence-electron chi connectivity index (χ3n) is 2.37. The normalized spacial score (nSPS) is 10.8. The SMILES string of the molecule is Nc1cnn(CCO)c1-c1ccc(Cl)cc1Cl. The number of nitrogens with zero attached hydrogens (tertiary/aromatic N) is 2. The summed E-state index contributed by atoms with van der Waals surface area (Å²) < 4.78 is 1.62. The Morgan fingerprint density at radius 1 is 1.35 bits per heavy atom. The second-order valence-electron chi connectivity index (χ2n) is 3.52. The van der Waals surface area contributed by atoms with Crippen molar-refractivity contribution in [3.8, 4) is 11.3 Å². The molecule has 2 aromatic rings. The number of nitrogens with two attached hydrogens (primary N) is 1. The van der Waals surface area contributed by atoms with Gasteiger partial charge in [0, 0.05) is 10.6 Å². The van der Waals surface area contributed by atoms with Crippen LogP contribution in [0.5, 0.6) is 0 Å². The number of benzene rings is 1. The predicted molar refractivity (Wildman–Crippen MR) is 69.2 cm³/mol. The van der Waals surface area contributed by atoms with Crippen LogP contribution in [0.15, 0.2) is 24.4 Å². The third-order valence-corrected chi connectivity index (χ3v) is 2.91. The van der Waals surface area contributed by atoms with E-state index in [0.29, 0.717) is 28.0 Å². The monoisotopic (exact) mass is 271 g/mol. The number of nitrogen functional groups attached to an aromatic ring is 1.